The highest BCUT2D eigenvalue weighted by atomic mass is 79.9. The van der Waals surface area contributed by atoms with Gasteiger partial charge in [0, 0.05) is 23.9 Å². The molecule has 2 aromatic rings. The number of amides is 1. The van der Waals surface area contributed by atoms with Gasteiger partial charge in [0.15, 0.2) is 11.5 Å². The second kappa shape index (κ2) is 10.5. The Hall–Kier alpha value is -2.79. The van der Waals surface area contributed by atoms with Crippen molar-refractivity contribution >= 4 is 45.0 Å². The van der Waals surface area contributed by atoms with Crippen LogP contribution in [0, 0.1) is 6.92 Å². The van der Waals surface area contributed by atoms with E-state index in [-0.39, 0.29) is 23.3 Å². The van der Waals surface area contributed by atoms with Crippen LogP contribution in [0.5, 0.6) is 0 Å². The number of nitrogens with two attached hydrogens (primary N) is 1. The van der Waals surface area contributed by atoms with Gasteiger partial charge in [0.2, 0.25) is 11.7 Å². The van der Waals surface area contributed by atoms with Gasteiger partial charge in [-0.25, -0.2) is 14.6 Å². The van der Waals surface area contributed by atoms with Gasteiger partial charge >= 0.3 is 0 Å². The molecule has 11 heteroatoms. The fourth-order valence-corrected chi connectivity index (χ4v) is 2.51. The first-order valence-electron chi connectivity index (χ1n) is 8.62. The van der Waals surface area contributed by atoms with Crippen LogP contribution in [0.1, 0.15) is 37.4 Å². The highest BCUT2D eigenvalue weighted by Gasteiger charge is 2.16. The number of carbonyl (C=O) groups is 1. The lowest BCUT2D eigenvalue weighted by atomic mass is 10.2. The minimum atomic E-state index is -0.244. The van der Waals surface area contributed by atoms with E-state index in [4.69, 9.17) is 10.4 Å². The van der Waals surface area contributed by atoms with Crippen molar-refractivity contribution < 1.29 is 14.6 Å². The van der Waals surface area contributed by atoms with Crippen molar-refractivity contribution in [1.29, 1.82) is 0 Å². The third-order valence-corrected chi connectivity index (χ3v) is 4.54. The Morgan fingerprint density at radius 3 is 2.86 bits per heavy atom. The first-order chi connectivity index (χ1) is 13.4. The van der Waals surface area contributed by atoms with Crippen LogP contribution in [-0.2, 0) is 4.79 Å². The van der Waals surface area contributed by atoms with Gasteiger partial charge in [-0.3, -0.25) is 15.5 Å². The standard InChI is InChI=1S/C17H22BrN7O3/c1-3-14(26)22-13(19)5-4-8-20-16-15(24-28-25-16)17(23-27)21-11-7-6-10(2)12(18)9-11/h6-7,9,27H,3-5,8H2,1-2H3,(H,20,25)(H,21,23)(H2,19,22,26). The Kier molecular flexibility index (Phi) is 8.08. The summed E-state index contributed by atoms with van der Waals surface area (Å²) in [4.78, 5) is 19.3. The van der Waals surface area contributed by atoms with Gasteiger partial charge < -0.3 is 11.1 Å². The van der Waals surface area contributed by atoms with Crippen LogP contribution >= 0.6 is 15.9 Å². The highest BCUT2D eigenvalue weighted by Crippen LogP contribution is 2.23. The van der Waals surface area contributed by atoms with Gasteiger partial charge in [0.25, 0.3) is 0 Å². The van der Waals surface area contributed by atoms with Crippen LogP contribution in [0.4, 0.5) is 11.5 Å². The molecule has 0 aliphatic carbocycles. The number of amidine groups is 2. The van der Waals surface area contributed by atoms with E-state index in [1.807, 2.05) is 24.5 Å². The lowest BCUT2D eigenvalue weighted by Gasteiger charge is -2.06. The molecule has 150 valence electrons. The second-order valence-corrected chi connectivity index (χ2v) is 6.70. The molecule has 0 saturated carbocycles. The molecule has 1 aromatic heterocycles. The molecule has 2 rings (SSSR count). The SMILES string of the molecule is CCC(=O)N=C(N)CCCNc1nonc1C(=Nc1ccc(C)c(Br)c1)NO. The van der Waals surface area contributed by atoms with E-state index in [0.29, 0.717) is 37.3 Å². The molecule has 1 amide bonds. The molecule has 0 atom stereocenters. The summed E-state index contributed by atoms with van der Waals surface area (Å²) in [5.74, 6) is 0.434. The normalized spacial score (nSPS) is 12.1. The Bertz CT molecular complexity index is 879. The van der Waals surface area contributed by atoms with E-state index in [1.54, 1.807) is 13.0 Å². The summed E-state index contributed by atoms with van der Waals surface area (Å²) in [5, 5.41) is 20.1. The molecule has 0 fully saturated rings. The maximum Gasteiger partial charge on any atom is 0.247 e. The lowest BCUT2D eigenvalue weighted by molar-refractivity contribution is -0.117. The van der Waals surface area contributed by atoms with E-state index < -0.39 is 0 Å². The Labute approximate surface area is 170 Å². The second-order valence-electron chi connectivity index (χ2n) is 5.85. The lowest BCUT2D eigenvalue weighted by Crippen LogP contribution is -2.22. The van der Waals surface area contributed by atoms with Gasteiger partial charge in [-0.2, -0.15) is 0 Å². The van der Waals surface area contributed by atoms with E-state index in [9.17, 15) is 10.0 Å². The highest BCUT2D eigenvalue weighted by molar-refractivity contribution is 9.10. The van der Waals surface area contributed by atoms with Gasteiger partial charge in [0.05, 0.1) is 5.69 Å². The number of aromatic nitrogens is 2. The van der Waals surface area contributed by atoms with E-state index >= 15 is 0 Å². The molecular weight excluding hydrogens is 430 g/mol. The van der Waals surface area contributed by atoms with Crippen LogP contribution in [0.3, 0.4) is 0 Å². The van der Waals surface area contributed by atoms with Crippen molar-refractivity contribution in [1.82, 2.24) is 15.8 Å². The number of hydrogen-bond acceptors (Lipinski definition) is 7. The number of aliphatic imine (C=N–C) groups is 2. The Morgan fingerprint density at radius 1 is 1.39 bits per heavy atom. The average molecular weight is 452 g/mol. The summed E-state index contributed by atoms with van der Waals surface area (Å²) >= 11 is 3.44. The minimum absolute atomic E-state index is 0.0779. The molecule has 5 N–H and O–H groups in total. The van der Waals surface area contributed by atoms with Crippen molar-refractivity contribution in [2.75, 3.05) is 11.9 Å². The molecule has 10 nitrogen and oxygen atoms in total. The zero-order valence-electron chi connectivity index (χ0n) is 15.6. The number of nitrogens with one attached hydrogen (secondary N) is 2. The fourth-order valence-electron chi connectivity index (χ4n) is 2.14. The molecule has 0 bridgehead atoms. The van der Waals surface area contributed by atoms with Crippen molar-refractivity contribution in [2.45, 2.75) is 33.1 Å². The largest absolute Gasteiger partial charge is 0.387 e. The number of halogens is 1. The summed E-state index contributed by atoms with van der Waals surface area (Å²) in [7, 11) is 0. The quantitative estimate of drug-likeness (QED) is 0.207. The number of hydrogen-bond donors (Lipinski definition) is 4. The average Bonchev–Trinajstić information content (AvgIpc) is 3.14. The number of hydroxylamine groups is 1. The predicted molar refractivity (Wildman–Crippen MR) is 109 cm³/mol. The molecular formula is C17H22BrN7O3. The summed E-state index contributed by atoms with van der Waals surface area (Å²) < 4.78 is 5.65. The maximum absolute atomic E-state index is 11.2. The van der Waals surface area contributed by atoms with Gasteiger partial charge in [-0.15, -0.1) is 0 Å². The van der Waals surface area contributed by atoms with Crippen LogP contribution in [-0.4, -0.2) is 39.6 Å². The van der Waals surface area contributed by atoms with Crippen LogP contribution in [0.25, 0.3) is 0 Å². The zero-order chi connectivity index (χ0) is 20.5. The topological polar surface area (TPSA) is 151 Å². The van der Waals surface area contributed by atoms with Crippen molar-refractivity contribution in [3.8, 4) is 0 Å². The first kappa shape index (κ1) is 21.5. The van der Waals surface area contributed by atoms with Gasteiger partial charge in [0.1, 0.15) is 5.84 Å². The number of carbonyl (C=O) groups excluding carboxylic acids is 1. The van der Waals surface area contributed by atoms with Crippen LogP contribution < -0.4 is 16.5 Å². The monoisotopic (exact) mass is 451 g/mol. The third kappa shape index (κ3) is 6.13. The van der Waals surface area contributed by atoms with Crippen LogP contribution in [0.2, 0.25) is 0 Å². The molecule has 1 heterocycles. The summed E-state index contributed by atoms with van der Waals surface area (Å²) in [6, 6.07) is 5.51. The zero-order valence-corrected chi connectivity index (χ0v) is 17.2. The fraction of sp³-hybridized carbons (Fsp3) is 0.353. The molecule has 0 radical (unpaired) electrons. The number of benzene rings is 1. The van der Waals surface area contributed by atoms with Gasteiger partial charge in [-0.1, -0.05) is 28.9 Å². The molecule has 1 aromatic carbocycles. The number of anilines is 1. The third-order valence-electron chi connectivity index (χ3n) is 3.69. The molecule has 0 aliphatic heterocycles. The Morgan fingerprint density at radius 2 is 2.18 bits per heavy atom. The first-order valence-corrected chi connectivity index (χ1v) is 9.41. The van der Waals surface area contributed by atoms with Crippen molar-refractivity contribution in [2.24, 2.45) is 15.7 Å². The Balaban J connectivity index is 2.03. The van der Waals surface area contributed by atoms with Crippen molar-refractivity contribution in [3.63, 3.8) is 0 Å². The molecule has 0 aliphatic rings. The molecule has 0 spiro atoms. The molecule has 0 saturated heterocycles. The number of rotatable bonds is 8. The molecule has 28 heavy (non-hydrogen) atoms. The summed E-state index contributed by atoms with van der Waals surface area (Å²) in [6.07, 6.45) is 1.39. The summed E-state index contributed by atoms with van der Waals surface area (Å²) in [6.45, 7) is 4.16. The summed E-state index contributed by atoms with van der Waals surface area (Å²) in [5.41, 5.74) is 9.62. The minimum Gasteiger partial charge on any atom is -0.387 e. The van der Waals surface area contributed by atoms with E-state index in [1.165, 1.54) is 0 Å². The van der Waals surface area contributed by atoms with E-state index in [2.05, 4.69) is 41.5 Å². The van der Waals surface area contributed by atoms with Crippen LogP contribution in [0.15, 0.2) is 37.3 Å². The van der Waals surface area contributed by atoms with E-state index in [0.717, 1.165) is 10.0 Å². The smallest absolute Gasteiger partial charge is 0.247 e. The number of aryl methyl sites for hydroxylation is 1. The van der Waals surface area contributed by atoms with Crippen molar-refractivity contribution in [3.05, 3.63) is 33.9 Å². The maximum atomic E-state index is 11.2. The predicted octanol–water partition coefficient (Wildman–Crippen LogP) is 2.68. The van der Waals surface area contributed by atoms with Gasteiger partial charge in [-0.05, 0) is 41.4 Å². The number of nitrogens with zero attached hydrogens (tertiary/aromatic N) is 4. The molecule has 0 unspecified atom stereocenters.